The summed E-state index contributed by atoms with van der Waals surface area (Å²) < 4.78 is 18.0. The number of benzene rings is 2. The predicted molar refractivity (Wildman–Crippen MR) is 107 cm³/mol. The number of fused-ring (bicyclic) bond motifs is 5. The van der Waals surface area contributed by atoms with Crippen LogP contribution >= 0.6 is 0 Å². The van der Waals surface area contributed by atoms with Gasteiger partial charge in [0, 0.05) is 24.3 Å². The molecule has 2 aromatic heterocycles. The molecule has 29 heavy (non-hydrogen) atoms. The maximum absolute atomic E-state index is 6.80. The molecule has 0 amide bonds. The van der Waals surface area contributed by atoms with Crippen molar-refractivity contribution in [2.24, 2.45) is 0 Å². The quantitative estimate of drug-likeness (QED) is 0.431. The lowest BCUT2D eigenvalue weighted by Gasteiger charge is -2.30. The van der Waals surface area contributed by atoms with Gasteiger partial charge >= 0.3 is 6.03 Å². The first kappa shape index (κ1) is 15.3. The van der Waals surface area contributed by atoms with Crippen molar-refractivity contribution in [3.05, 3.63) is 83.9 Å². The molecular formula is C25H18N2O2+2. The third kappa shape index (κ3) is 1.63. The van der Waals surface area contributed by atoms with Crippen molar-refractivity contribution >= 4 is 0 Å². The van der Waals surface area contributed by atoms with Crippen LogP contribution in [0.1, 0.15) is 11.1 Å². The Morgan fingerprint density at radius 1 is 0.552 bits per heavy atom. The van der Waals surface area contributed by atoms with Crippen LogP contribution in [-0.4, -0.2) is 0 Å². The van der Waals surface area contributed by atoms with E-state index in [-0.39, 0.29) is 0 Å². The zero-order valence-electron chi connectivity index (χ0n) is 16.1. The standard InChI is InChI=1S/C25H18N2O2/c1-15-7-3-9-17-19-11-5-13-21-22-14-6-12-20-18-10-4-8-16(2)24(18)29-25(26(19)21,27(20)22)28-23(15)17/h3-14H,1-2H3/q+2. The molecule has 0 atom stereocenters. The van der Waals surface area contributed by atoms with E-state index in [0.29, 0.717) is 0 Å². The summed E-state index contributed by atoms with van der Waals surface area (Å²) in [5.41, 5.74) is 8.74. The Morgan fingerprint density at radius 2 is 0.966 bits per heavy atom. The van der Waals surface area contributed by atoms with E-state index in [4.69, 9.17) is 9.47 Å². The fourth-order valence-corrected chi connectivity index (χ4v) is 5.00. The zero-order valence-corrected chi connectivity index (χ0v) is 16.1. The van der Waals surface area contributed by atoms with E-state index >= 15 is 0 Å². The molecule has 2 aromatic carbocycles. The molecule has 1 spiro atoms. The second kappa shape index (κ2) is 4.84. The lowest BCUT2D eigenvalue weighted by Crippen LogP contribution is -2.79. The average molecular weight is 378 g/mol. The second-order valence-electron chi connectivity index (χ2n) is 7.92. The first-order valence-electron chi connectivity index (χ1n) is 9.88. The molecule has 0 radical (unpaired) electrons. The molecule has 0 bridgehead atoms. The first-order chi connectivity index (χ1) is 14.2. The minimum atomic E-state index is -1.10. The Bertz CT molecular complexity index is 1280. The number of rotatable bonds is 0. The Hall–Kier alpha value is -3.66. The number of nitrogens with zero attached hydrogens (tertiary/aromatic N) is 2. The van der Waals surface area contributed by atoms with Crippen LogP contribution in [0, 0.1) is 13.8 Å². The van der Waals surface area contributed by atoms with Crippen LogP contribution in [0.4, 0.5) is 0 Å². The summed E-state index contributed by atoms with van der Waals surface area (Å²) in [6, 6.07) is 24.3. The maximum atomic E-state index is 6.80. The van der Waals surface area contributed by atoms with Crippen LogP contribution in [0.5, 0.6) is 11.5 Å². The van der Waals surface area contributed by atoms with Gasteiger partial charge in [0.05, 0.1) is 11.1 Å². The molecule has 0 saturated carbocycles. The molecular weight excluding hydrogens is 360 g/mol. The number of para-hydroxylation sites is 2. The van der Waals surface area contributed by atoms with Gasteiger partial charge in [0.1, 0.15) is 0 Å². The van der Waals surface area contributed by atoms with E-state index in [1.165, 1.54) is 0 Å². The molecule has 3 aliphatic heterocycles. The van der Waals surface area contributed by atoms with Gasteiger partial charge in [-0.05, 0) is 58.4 Å². The molecule has 0 fully saturated rings. The normalized spacial score (nSPS) is 15.4. The van der Waals surface area contributed by atoms with Crippen molar-refractivity contribution in [1.29, 1.82) is 0 Å². The van der Waals surface area contributed by atoms with Crippen molar-refractivity contribution in [3.63, 3.8) is 0 Å². The highest BCUT2D eigenvalue weighted by Crippen LogP contribution is 2.46. The van der Waals surface area contributed by atoms with Crippen LogP contribution in [0.2, 0.25) is 0 Å². The summed E-state index contributed by atoms with van der Waals surface area (Å²) in [6.07, 6.45) is 0. The van der Waals surface area contributed by atoms with Crippen molar-refractivity contribution in [3.8, 4) is 45.4 Å². The SMILES string of the molecule is Cc1cccc2c1OC13Oc4c(C)cccc4-c4cccc([n+]41)-c1cccc-2[n+]13. The number of ether oxygens (including phenoxy) is 2. The van der Waals surface area contributed by atoms with Crippen LogP contribution in [0.25, 0.3) is 33.9 Å². The van der Waals surface area contributed by atoms with Gasteiger partial charge in [-0.3, -0.25) is 0 Å². The van der Waals surface area contributed by atoms with E-state index in [1.54, 1.807) is 0 Å². The summed E-state index contributed by atoms with van der Waals surface area (Å²) in [6.45, 7) is 4.17. The van der Waals surface area contributed by atoms with Crippen LogP contribution in [0.15, 0.2) is 72.8 Å². The van der Waals surface area contributed by atoms with Gasteiger partial charge in [-0.2, -0.15) is 0 Å². The van der Waals surface area contributed by atoms with Crippen molar-refractivity contribution < 1.29 is 18.6 Å². The van der Waals surface area contributed by atoms with Crippen molar-refractivity contribution in [2.75, 3.05) is 0 Å². The van der Waals surface area contributed by atoms with E-state index in [9.17, 15) is 0 Å². The molecule has 4 aromatic rings. The van der Waals surface area contributed by atoms with Crippen LogP contribution in [-0.2, 0) is 6.03 Å². The molecule has 0 N–H and O–H groups in total. The molecule has 5 heterocycles. The number of aryl methyl sites for hydroxylation is 2. The minimum absolute atomic E-state index is 0.872. The topological polar surface area (TPSA) is 26.2 Å². The van der Waals surface area contributed by atoms with Gasteiger partial charge in [0.2, 0.25) is 11.4 Å². The van der Waals surface area contributed by atoms with Crippen LogP contribution < -0.4 is 18.6 Å². The smallest absolute Gasteiger partial charge is 0.339 e. The number of aromatic nitrogens is 2. The third-order valence-corrected chi connectivity index (χ3v) is 6.25. The highest BCUT2D eigenvalue weighted by Gasteiger charge is 2.73. The molecule has 4 nitrogen and oxygen atoms in total. The van der Waals surface area contributed by atoms with Crippen molar-refractivity contribution in [2.45, 2.75) is 19.9 Å². The van der Waals surface area contributed by atoms with Gasteiger partial charge in [0.15, 0.2) is 11.5 Å². The third-order valence-electron chi connectivity index (χ3n) is 6.25. The molecule has 3 aliphatic rings. The Morgan fingerprint density at radius 3 is 1.45 bits per heavy atom. The van der Waals surface area contributed by atoms with Gasteiger partial charge in [-0.25, -0.2) is 0 Å². The lowest BCUT2D eigenvalue weighted by atomic mass is 10.0. The maximum Gasteiger partial charge on any atom is 0.716 e. The second-order valence-corrected chi connectivity index (χ2v) is 7.92. The monoisotopic (exact) mass is 378 g/mol. The van der Waals surface area contributed by atoms with Gasteiger partial charge in [0.25, 0.3) is 11.4 Å². The summed E-state index contributed by atoms with van der Waals surface area (Å²) in [5.74, 6) is 1.74. The van der Waals surface area contributed by atoms with Gasteiger partial charge in [-0.1, -0.05) is 24.3 Å². The first-order valence-corrected chi connectivity index (χ1v) is 9.88. The predicted octanol–water partition coefficient (Wildman–Crippen LogP) is 4.09. The lowest BCUT2D eigenvalue weighted by molar-refractivity contribution is -1.03. The highest BCUT2D eigenvalue weighted by molar-refractivity contribution is 5.72. The highest BCUT2D eigenvalue weighted by atomic mass is 16.7. The summed E-state index contributed by atoms with van der Waals surface area (Å²) in [7, 11) is 0. The molecule has 4 heteroatoms. The Kier molecular flexibility index (Phi) is 2.55. The van der Waals surface area contributed by atoms with E-state index < -0.39 is 6.03 Å². The van der Waals surface area contributed by atoms with Gasteiger partial charge in [-0.15, -0.1) is 0 Å². The number of pyridine rings is 2. The molecule has 0 saturated heterocycles. The summed E-state index contributed by atoms with van der Waals surface area (Å²) in [5, 5.41) is 0. The fraction of sp³-hybridized carbons (Fsp3) is 0.120. The zero-order chi connectivity index (χ0) is 19.3. The number of hydrogen-bond donors (Lipinski definition) is 0. The average Bonchev–Trinajstić information content (AvgIpc) is 3.03. The number of hydrogen-bond acceptors (Lipinski definition) is 2. The summed E-state index contributed by atoms with van der Waals surface area (Å²) in [4.78, 5) is 0. The molecule has 138 valence electrons. The molecule has 0 aliphatic carbocycles. The summed E-state index contributed by atoms with van der Waals surface area (Å²) >= 11 is 0. The van der Waals surface area contributed by atoms with Crippen LogP contribution in [0.3, 0.4) is 0 Å². The molecule has 0 unspecified atom stereocenters. The largest absolute Gasteiger partial charge is 0.716 e. The van der Waals surface area contributed by atoms with E-state index in [2.05, 4.69) is 95.8 Å². The van der Waals surface area contributed by atoms with E-state index in [1.807, 2.05) is 0 Å². The van der Waals surface area contributed by atoms with E-state index in [0.717, 1.165) is 56.5 Å². The Labute approximate surface area is 168 Å². The Balaban J connectivity index is 1.67. The van der Waals surface area contributed by atoms with Gasteiger partial charge < -0.3 is 9.47 Å². The molecule has 7 rings (SSSR count). The minimum Gasteiger partial charge on any atom is -0.339 e. The van der Waals surface area contributed by atoms with Crippen molar-refractivity contribution in [1.82, 2.24) is 0 Å². The fourth-order valence-electron chi connectivity index (χ4n) is 5.00.